The largest absolute Gasteiger partial charge is 0.339 e. The number of nitrogens with zero attached hydrogens (tertiary/aromatic N) is 2. The van der Waals surface area contributed by atoms with Gasteiger partial charge >= 0.3 is 0 Å². The summed E-state index contributed by atoms with van der Waals surface area (Å²) in [5, 5.41) is 12.7. The average Bonchev–Trinajstić information content (AvgIpc) is 3.39. The summed E-state index contributed by atoms with van der Waals surface area (Å²) >= 11 is 0. The third kappa shape index (κ3) is 1.84. The van der Waals surface area contributed by atoms with Gasteiger partial charge in [-0.3, -0.25) is 0 Å². The van der Waals surface area contributed by atoms with Crippen molar-refractivity contribution in [2.45, 2.75) is 13.0 Å². The van der Waals surface area contributed by atoms with Crippen LogP contribution in [0.1, 0.15) is 6.42 Å². The fourth-order valence-electron chi connectivity index (χ4n) is 4.53. The molecule has 0 atom stereocenters. The summed E-state index contributed by atoms with van der Waals surface area (Å²) in [7, 11) is 0. The van der Waals surface area contributed by atoms with Crippen molar-refractivity contribution in [2.75, 3.05) is 6.54 Å². The van der Waals surface area contributed by atoms with Crippen LogP contribution in [0.5, 0.6) is 0 Å². The molecule has 0 amide bonds. The van der Waals surface area contributed by atoms with Gasteiger partial charge in [0.15, 0.2) is 0 Å². The van der Waals surface area contributed by atoms with Crippen LogP contribution >= 0.6 is 0 Å². The molecular formula is C22H19N5. The highest BCUT2D eigenvalue weighted by atomic mass is 15.1. The lowest BCUT2D eigenvalue weighted by Crippen LogP contribution is -2.05. The summed E-state index contributed by atoms with van der Waals surface area (Å²) in [6.07, 6.45) is 2.99. The third-order valence-corrected chi connectivity index (χ3v) is 5.63. The van der Waals surface area contributed by atoms with E-state index in [2.05, 4.69) is 69.5 Å². The van der Waals surface area contributed by atoms with Crippen LogP contribution in [0.15, 0.2) is 54.7 Å². The van der Waals surface area contributed by atoms with Crippen LogP contribution in [0, 0.1) is 0 Å². The number of hydrogen-bond acceptors (Lipinski definition) is 2. The van der Waals surface area contributed by atoms with Gasteiger partial charge in [0, 0.05) is 45.2 Å². The molecular weight excluding hydrogens is 334 g/mol. The molecule has 6 rings (SSSR count). The van der Waals surface area contributed by atoms with Crippen molar-refractivity contribution in [3.8, 4) is 0 Å². The molecule has 0 radical (unpaired) electrons. The van der Waals surface area contributed by atoms with Gasteiger partial charge in [-0.25, -0.2) is 4.98 Å². The topological polar surface area (TPSA) is 75.4 Å². The number of fused-ring (bicyclic) bond motifs is 10. The van der Waals surface area contributed by atoms with Crippen LogP contribution in [-0.2, 0) is 6.54 Å². The standard InChI is InChI=1S/C22H19N5/c23-10-5-11-27-17-9-4-2-7-14(17)19-20-15(12-24-26-20)18-13-6-1-3-8-16(13)25-21(18)22(19)27/h1-4,6-9,12,24,26H,5,10-11,23H2. The summed E-state index contributed by atoms with van der Waals surface area (Å²) in [6, 6.07) is 17.0. The van der Waals surface area contributed by atoms with Gasteiger partial charge in [0.1, 0.15) is 0 Å². The Morgan fingerprint density at radius 1 is 0.926 bits per heavy atom. The second-order valence-corrected chi connectivity index (χ2v) is 7.09. The molecule has 3 heterocycles. The molecule has 0 aliphatic carbocycles. The SMILES string of the molecule is NCCCn1c2ccccc2c2c3[nH][nH]cc3c3c4ccccc4nc3c21. The van der Waals surface area contributed by atoms with Crippen molar-refractivity contribution < 1.29 is 0 Å². The maximum Gasteiger partial charge on any atom is 0.0967 e. The molecule has 0 unspecified atom stereocenters. The van der Waals surface area contributed by atoms with Crippen molar-refractivity contribution >= 4 is 54.5 Å². The minimum absolute atomic E-state index is 0.673. The Balaban J connectivity index is 1.96. The summed E-state index contributed by atoms with van der Waals surface area (Å²) in [4.78, 5) is 5.06. The minimum Gasteiger partial charge on any atom is -0.339 e. The van der Waals surface area contributed by atoms with Gasteiger partial charge in [0.25, 0.3) is 0 Å². The van der Waals surface area contributed by atoms with E-state index in [4.69, 9.17) is 10.7 Å². The Morgan fingerprint density at radius 2 is 1.74 bits per heavy atom. The summed E-state index contributed by atoms with van der Waals surface area (Å²) < 4.78 is 2.39. The van der Waals surface area contributed by atoms with Gasteiger partial charge in [0.2, 0.25) is 0 Å². The smallest absolute Gasteiger partial charge is 0.0967 e. The molecule has 0 bridgehead atoms. The molecule has 132 valence electrons. The van der Waals surface area contributed by atoms with Crippen molar-refractivity contribution in [1.29, 1.82) is 0 Å². The molecule has 0 fully saturated rings. The van der Waals surface area contributed by atoms with Gasteiger partial charge < -0.3 is 20.5 Å². The molecule has 0 saturated carbocycles. The lowest BCUT2D eigenvalue weighted by atomic mass is 10.0. The molecule has 3 aromatic carbocycles. The fraction of sp³-hybridized carbons (Fsp3) is 0.136. The van der Waals surface area contributed by atoms with Crippen LogP contribution in [0.2, 0.25) is 0 Å². The normalized spacial score (nSPS) is 12.3. The zero-order chi connectivity index (χ0) is 18.0. The highest BCUT2D eigenvalue weighted by Crippen LogP contribution is 2.42. The summed E-state index contributed by atoms with van der Waals surface area (Å²) in [5.41, 5.74) is 11.5. The number of aromatic nitrogens is 4. The summed E-state index contributed by atoms with van der Waals surface area (Å²) in [6.45, 7) is 1.56. The van der Waals surface area contributed by atoms with Crippen molar-refractivity contribution in [3.05, 3.63) is 54.7 Å². The first-order valence-corrected chi connectivity index (χ1v) is 9.35. The molecule has 5 heteroatoms. The van der Waals surface area contributed by atoms with E-state index in [0.717, 1.165) is 29.5 Å². The van der Waals surface area contributed by atoms with E-state index in [1.165, 1.54) is 38.0 Å². The van der Waals surface area contributed by atoms with Crippen LogP contribution in [0.25, 0.3) is 54.5 Å². The Hall–Kier alpha value is -3.31. The van der Waals surface area contributed by atoms with Crippen LogP contribution in [-0.4, -0.2) is 26.3 Å². The van der Waals surface area contributed by atoms with Crippen LogP contribution < -0.4 is 5.73 Å². The van der Waals surface area contributed by atoms with Crippen molar-refractivity contribution in [2.24, 2.45) is 5.73 Å². The maximum atomic E-state index is 5.84. The predicted molar refractivity (Wildman–Crippen MR) is 112 cm³/mol. The monoisotopic (exact) mass is 353 g/mol. The number of para-hydroxylation sites is 2. The number of H-pyrrole nitrogens is 2. The molecule has 0 aliphatic heterocycles. The molecule has 3 aromatic heterocycles. The van der Waals surface area contributed by atoms with Gasteiger partial charge in [0.05, 0.1) is 22.1 Å². The molecule has 6 aromatic rings. The van der Waals surface area contributed by atoms with E-state index in [0.29, 0.717) is 6.54 Å². The highest BCUT2D eigenvalue weighted by molar-refractivity contribution is 6.34. The second-order valence-electron chi connectivity index (χ2n) is 7.09. The molecule has 27 heavy (non-hydrogen) atoms. The molecule has 0 spiro atoms. The zero-order valence-electron chi connectivity index (χ0n) is 14.8. The Morgan fingerprint density at radius 3 is 2.63 bits per heavy atom. The van der Waals surface area contributed by atoms with Crippen LogP contribution in [0.3, 0.4) is 0 Å². The fourth-order valence-corrected chi connectivity index (χ4v) is 4.53. The molecule has 0 aliphatic rings. The molecule has 5 nitrogen and oxygen atoms in total. The Labute approximate surface area is 154 Å². The van der Waals surface area contributed by atoms with Crippen molar-refractivity contribution in [1.82, 2.24) is 19.7 Å². The van der Waals surface area contributed by atoms with Gasteiger partial charge in [-0.15, -0.1) is 0 Å². The lowest BCUT2D eigenvalue weighted by molar-refractivity contribution is 0.688. The van der Waals surface area contributed by atoms with Gasteiger partial charge in [-0.1, -0.05) is 36.4 Å². The van der Waals surface area contributed by atoms with E-state index in [9.17, 15) is 0 Å². The first kappa shape index (κ1) is 14.8. The van der Waals surface area contributed by atoms with Gasteiger partial charge in [-0.2, -0.15) is 0 Å². The van der Waals surface area contributed by atoms with E-state index in [1.807, 2.05) is 0 Å². The van der Waals surface area contributed by atoms with Gasteiger partial charge in [-0.05, 0) is 25.1 Å². The number of rotatable bonds is 3. The summed E-state index contributed by atoms with van der Waals surface area (Å²) in [5.74, 6) is 0. The lowest BCUT2D eigenvalue weighted by Gasteiger charge is -2.07. The minimum atomic E-state index is 0.673. The first-order valence-electron chi connectivity index (χ1n) is 9.35. The number of aryl methyl sites for hydroxylation is 1. The zero-order valence-corrected chi connectivity index (χ0v) is 14.8. The van der Waals surface area contributed by atoms with E-state index in [1.54, 1.807) is 0 Å². The van der Waals surface area contributed by atoms with E-state index < -0.39 is 0 Å². The number of nitrogens with two attached hydrogens (primary N) is 1. The Kier molecular flexibility index (Phi) is 2.93. The Bertz CT molecular complexity index is 1460. The van der Waals surface area contributed by atoms with E-state index in [-0.39, 0.29) is 0 Å². The molecule has 4 N–H and O–H groups in total. The van der Waals surface area contributed by atoms with Crippen LogP contribution in [0.4, 0.5) is 0 Å². The van der Waals surface area contributed by atoms with Crippen molar-refractivity contribution in [3.63, 3.8) is 0 Å². The number of hydrogen-bond donors (Lipinski definition) is 3. The third-order valence-electron chi connectivity index (χ3n) is 5.63. The number of benzene rings is 3. The van der Waals surface area contributed by atoms with E-state index >= 15 is 0 Å². The number of aromatic amines is 2. The maximum absolute atomic E-state index is 5.84. The highest BCUT2D eigenvalue weighted by Gasteiger charge is 2.21. The molecule has 0 saturated heterocycles. The first-order chi connectivity index (χ1) is 13.4. The second kappa shape index (κ2) is 5.34. The predicted octanol–water partition coefficient (Wildman–Crippen LogP) is 4.65. The average molecular weight is 353 g/mol. The number of nitrogens with one attached hydrogen (secondary N) is 2. The quantitative estimate of drug-likeness (QED) is 0.433.